The zero-order chi connectivity index (χ0) is 13.3. The van der Waals surface area contributed by atoms with Crippen LogP contribution < -0.4 is 0 Å². The standard InChI is InChI=1S/C11H8BrF2N3O/c1-17-10(11(12)15-16-17)9(18)5-6-7(13)3-2-4-8(6)14/h2-4H,5H2,1H3. The molecule has 94 valence electrons. The molecular formula is C11H8BrF2N3O. The molecule has 0 saturated heterocycles. The van der Waals surface area contributed by atoms with E-state index in [2.05, 4.69) is 26.2 Å². The van der Waals surface area contributed by atoms with E-state index in [-0.39, 0.29) is 22.3 Å². The smallest absolute Gasteiger partial charge is 0.188 e. The van der Waals surface area contributed by atoms with Crippen molar-refractivity contribution in [3.63, 3.8) is 0 Å². The Morgan fingerprint density at radius 1 is 1.39 bits per heavy atom. The van der Waals surface area contributed by atoms with Crippen molar-refractivity contribution in [1.82, 2.24) is 15.0 Å². The van der Waals surface area contributed by atoms with Gasteiger partial charge in [-0.15, -0.1) is 5.10 Å². The van der Waals surface area contributed by atoms with Gasteiger partial charge in [-0.05, 0) is 28.1 Å². The van der Waals surface area contributed by atoms with Gasteiger partial charge < -0.3 is 0 Å². The SMILES string of the molecule is Cn1nnc(Br)c1C(=O)Cc1c(F)cccc1F. The largest absolute Gasteiger partial charge is 0.292 e. The zero-order valence-corrected chi connectivity index (χ0v) is 10.9. The number of rotatable bonds is 3. The average molecular weight is 316 g/mol. The van der Waals surface area contributed by atoms with Gasteiger partial charge in [0.1, 0.15) is 17.3 Å². The lowest BCUT2D eigenvalue weighted by Gasteiger charge is -2.04. The van der Waals surface area contributed by atoms with Gasteiger partial charge in [-0.25, -0.2) is 13.5 Å². The van der Waals surface area contributed by atoms with Crippen molar-refractivity contribution in [2.24, 2.45) is 7.05 Å². The van der Waals surface area contributed by atoms with Crippen molar-refractivity contribution >= 4 is 21.7 Å². The van der Waals surface area contributed by atoms with Gasteiger partial charge in [0.2, 0.25) is 0 Å². The minimum Gasteiger partial charge on any atom is -0.292 e. The molecule has 1 aromatic heterocycles. The van der Waals surface area contributed by atoms with Gasteiger partial charge in [-0.3, -0.25) is 4.79 Å². The molecule has 2 rings (SSSR count). The van der Waals surface area contributed by atoms with Crippen LogP contribution in [0.15, 0.2) is 22.8 Å². The highest BCUT2D eigenvalue weighted by atomic mass is 79.9. The first-order valence-electron chi connectivity index (χ1n) is 5.02. The lowest BCUT2D eigenvalue weighted by Crippen LogP contribution is -2.12. The van der Waals surface area contributed by atoms with Crippen LogP contribution in [0.4, 0.5) is 8.78 Å². The van der Waals surface area contributed by atoms with Gasteiger partial charge in [0.25, 0.3) is 0 Å². The molecule has 0 saturated carbocycles. The van der Waals surface area contributed by atoms with E-state index in [1.165, 1.54) is 17.8 Å². The Morgan fingerprint density at radius 3 is 2.50 bits per heavy atom. The first-order valence-corrected chi connectivity index (χ1v) is 5.81. The fraction of sp³-hybridized carbons (Fsp3) is 0.182. The number of hydrogen-bond acceptors (Lipinski definition) is 3. The third kappa shape index (κ3) is 2.31. The average Bonchev–Trinajstić information content (AvgIpc) is 2.64. The van der Waals surface area contributed by atoms with Crippen LogP contribution in [0.3, 0.4) is 0 Å². The molecule has 0 atom stereocenters. The summed E-state index contributed by atoms with van der Waals surface area (Å²) in [5.74, 6) is -1.94. The zero-order valence-electron chi connectivity index (χ0n) is 9.32. The maximum Gasteiger partial charge on any atom is 0.188 e. The van der Waals surface area contributed by atoms with Gasteiger partial charge in [0.05, 0.1) is 0 Å². The molecule has 2 aromatic rings. The molecule has 1 heterocycles. The summed E-state index contributed by atoms with van der Waals surface area (Å²) in [4.78, 5) is 12.0. The number of ketones is 1. The molecule has 0 aliphatic heterocycles. The molecule has 0 unspecified atom stereocenters. The predicted octanol–water partition coefficient (Wildman–Crippen LogP) is 2.28. The van der Waals surface area contributed by atoms with Crippen molar-refractivity contribution in [3.8, 4) is 0 Å². The fourth-order valence-corrected chi connectivity index (χ4v) is 2.12. The maximum absolute atomic E-state index is 13.4. The summed E-state index contributed by atoms with van der Waals surface area (Å²) in [6.07, 6.45) is -0.377. The Labute approximate surface area is 110 Å². The molecule has 0 amide bonds. The quantitative estimate of drug-likeness (QED) is 0.816. The van der Waals surface area contributed by atoms with Crippen LogP contribution in [0, 0.1) is 11.6 Å². The monoisotopic (exact) mass is 315 g/mol. The molecule has 4 nitrogen and oxygen atoms in total. The summed E-state index contributed by atoms with van der Waals surface area (Å²) in [5, 5.41) is 7.28. The third-order valence-corrected chi connectivity index (χ3v) is 2.98. The summed E-state index contributed by atoms with van der Waals surface area (Å²) >= 11 is 3.07. The first-order chi connectivity index (χ1) is 8.50. The number of aromatic nitrogens is 3. The molecule has 0 bridgehead atoms. The molecule has 0 fully saturated rings. The van der Waals surface area contributed by atoms with Crippen molar-refractivity contribution in [1.29, 1.82) is 0 Å². The lowest BCUT2D eigenvalue weighted by molar-refractivity contribution is 0.0980. The number of nitrogens with zero attached hydrogens (tertiary/aromatic N) is 3. The van der Waals surface area contributed by atoms with E-state index in [0.717, 1.165) is 12.1 Å². The summed E-state index contributed by atoms with van der Waals surface area (Å²) in [7, 11) is 1.53. The number of aryl methyl sites for hydroxylation is 1. The van der Waals surface area contributed by atoms with Crippen LogP contribution >= 0.6 is 15.9 Å². The normalized spacial score (nSPS) is 10.7. The fourth-order valence-electron chi connectivity index (χ4n) is 1.57. The van der Waals surface area contributed by atoms with Gasteiger partial charge in [0.15, 0.2) is 10.4 Å². The molecular weight excluding hydrogens is 308 g/mol. The summed E-state index contributed by atoms with van der Waals surface area (Å²) in [6, 6.07) is 3.48. The molecule has 0 aliphatic carbocycles. The van der Waals surface area contributed by atoms with Gasteiger partial charge in [-0.2, -0.15) is 0 Å². The number of hydrogen-bond donors (Lipinski definition) is 0. The molecule has 18 heavy (non-hydrogen) atoms. The Bertz CT molecular complexity index is 573. The van der Waals surface area contributed by atoms with E-state index < -0.39 is 17.4 Å². The Morgan fingerprint density at radius 2 is 2.00 bits per heavy atom. The molecule has 0 aliphatic rings. The first kappa shape index (κ1) is 12.8. The van der Waals surface area contributed by atoms with E-state index in [0.29, 0.717) is 0 Å². The van der Waals surface area contributed by atoms with E-state index in [9.17, 15) is 13.6 Å². The minimum absolute atomic E-state index is 0.178. The van der Waals surface area contributed by atoms with Crippen molar-refractivity contribution in [2.75, 3.05) is 0 Å². The third-order valence-electron chi connectivity index (χ3n) is 2.45. The predicted molar refractivity (Wildman–Crippen MR) is 63.1 cm³/mol. The maximum atomic E-state index is 13.4. The highest BCUT2D eigenvalue weighted by Gasteiger charge is 2.20. The van der Waals surface area contributed by atoms with E-state index >= 15 is 0 Å². The van der Waals surface area contributed by atoms with Gasteiger partial charge >= 0.3 is 0 Å². The summed E-state index contributed by atoms with van der Waals surface area (Å²) in [6.45, 7) is 0. The topological polar surface area (TPSA) is 47.8 Å². The number of carbonyl (C=O) groups is 1. The van der Waals surface area contributed by atoms with Crippen LogP contribution in [0.5, 0.6) is 0 Å². The van der Waals surface area contributed by atoms with Crippen molar-refractivity contribution < 1.29 is 13.6 Å². The van der Waals surface area contributed by atoms with Crippen LogP contribution in [0.25, 0.3) is 0 Å². The highest BCUT2D eigenvalue weighted by molar-refractivity contribution is 9.10. The van der Waals surface area contributed by atoms with Gasteiger partial charge in [-0.1, -0.05) is 11.3 Å². The molecule has 1 aromatic carbocycles. The second-order valence-electron chi connectivity index (χ2n) is 3.65. The Kier molecular flexibility index (Phi) is 3.51. The second kappa shape index (κ2) is 4.93. The van der Waals surface area contributed by atoms with E-state index in [4.69, 9.17) is 0 Å². The van der Waals surface area contributed by atoms with Gasteiger partial charge in [0, 0.05) is 19.0 Å². The van der Waals surface area contributed by atoms with Crippen LogP contribution in [0.1, 0.15) is 16.1 Å². The lowest BCUT2D eigenvalue weighted by atomic mass is 10.1. The second-order valence-corrected chi connectivity index (χ2v) is 4.40. The van der Waals surface area contributed by atoms with E-state index in [1.54, 1.807) is 0 Å². The van der Waals surface area contributed by atoms with Crippen molar-refractivity contribution in [3.05, 3.63) is 45.7 Å². The minimum atomic E-state index is -0.741. The van der Waals surface area contributed by atoms with Crippen LogP contribution in [0.2, 0.25) is 0 Å². The number of halogens is 3. The molecule has 7 heteroatoms. The summed E-state index contributed by atoms with van der Waals surface area (Å²) in [5.41, 5.74) is -0.0757. The Balaban J connectivity index is 2.33. The van der Waals surface area contributed by atoms with E-state index in [1.807, 2.05) is 0 Å². The number of carbonyl (C=O) groups excluding carboxylic acids is 1. The molecule has 0 N–H and O–H groups in total. The molecule has 0 spiro atoms. The number of benzene rings is 1. The van der Waals surface area contributed by atoms with Crippen LogP contribution in [-0.4, -0.2) is 20.8 Å². The highest BCUT2D eigenvalue weighted by Crippen LogP contribution is 2.18. The molecule has 0 radical (unpaired) electrons. The number of Topliss-reactive ketones (excluding diaryl/α,β-unsaturated/α-hetero) is 1. The Hall–Kier alpha value is -1.63. The van der Waals surface area contributed by atoms with Crippen LogP contribution in [-0.2, 0) is 13.5 Å². The summed E-state index contributed by atoms with van der Waals surface area (Å²) < 4.78 is 28.3. The van der Waals surface area contributed by atoms with Crippen molar-refractivity contribution in [2.45, 2.75) is 6.42 Å².